The lowest BCUT2D eigenvalue weighted by atomic mass is 10.2. The molecule has 0 fully saturated rings. The molecule has 0 radical (unpaired) electrons. The number of carbonyl (C=O) groups is 3. The van der Waals surface area contributed by atoms with Gasteiger partial charge in [0.15, 0.2) is 5.69 Å². The van der Waals surface area contributed by atoms with Gasteiger partial charge < -0.3 is 10.5 Å². The summed E-state index contributed by atoms with van der Waals surface area (Å²) in [7, 11) is 1.22. The van der Waals surface area contributed by atoms with Crippen LogP contribution in [0.4, 0.5) is 0 Å². The number of carbonyl (C=O) groups excluding carboxylic acids is 3. The summed E-state index contributed by atoms with van der Waals surface area (Å²) >= 11 is 0. The smallest absolute Gasteiger partial charge is 0.360 e. The van der Waals surface area contributed by atoms with Crippen molar-refractivity contribution in [2.24, 2.45) is 5.73 Å². The second kappa shape index (κ2) is 7.19. The fourth-order valence-corrected chi connectivity index (χ4v) is 1.43. The van der Waals surface area contributed by atoms with Crippen LogP contribution in [-0.4, -0.2) is 46.4 Å². The van der Waals surface area contributed by atoms with Crippen LogP contribution < -0.4 is 16.6 Å². The Labute approximate surface area is 114 Å². The molecule has 0 atom stereocenters. The van der Waals surface area contributed by atoms with Crippen LogP contribution in [0.2, 0.25) is 0 Å². The molecule has 1 aromatic heterocycles. The summed E-state index contributed by atoms with van der Waals surface area (Å²) in [6.45, 7) is 1.30. The van der Waals surface area contributed by atoms with Crippen LogP contribution in [0.3, 0.4) is 0 Å². The molecule has 2 amide bonds. The molecule has 1 heterocycles. The Balaban J connectivity index is 2.84. The fraction of sp³-hybridized carbons (Fsp3) is 0.500. The highest BCUT2D eigenvalue weighted by atomic mass is 16.5. The Morgan fingerprint density at radius 2 is 2.05 bits per heavy atom. The van der Waals surface area contributed by atoms with Crippen LogP contribution in [-0.2, 0) is 27.3 Å². The molecule has 0 spiro atoms. The Morgan fingerprint density at radius 1 is 1.35 bits per heavy atom. The number of hydrazine groups is 1. The molecule has 0 unspecified atom stereocenters. The van der Waals surface area contributed by atoms with Crippen LogP contribution in [0.5, 0.6) is 0 Å². The number of nitrogens with one attached hydrogen (secondary N) is 2. The summed E-state index contributed by atoms with van der Waals surface area (Å²) in [6.07, 6.45) is 0.310. The summed E-state index contributed by atoms with van der Waals surface area (Å²) in [5.41, 5.74) is 10.2. The molecular weight excluding hydrogens is 268 g/mol. The quantitative estimate of drug-likeness (QED) is 0.409. The van der Waals surface area contributed by atoms with Gasteiger partial charge in [-0.25, -0.2) is 9.48 Å². The Bertz CT molecular complexity index is 512. The predicted octanol–water partition coefficient (Wildman–Crippen LogP) is -2.27. The van der Waals surface area contributed by atoms with E-state index in [2.05, 4.69) is 25.9 Å². The first kappa shape index (κ1) is 15.6. The minimum atomic E-state index is -0.651. The fourth-order valence-electron chi connectivity index (χ4n) is 1.43. The lowest BCUT2D eigenvalue weighted by molar-refractivity contribution is -0.128. The first-order valence-corrected chi connectivity index (χ1v) is 5.75. The molecule has 0 aromatic carbocycles. The summed E-state index contributed by atoms with van der Waals surface area (Å²) in [6, 6.07) is 0. The van der Waals surface area contributed by atoms with Gasteiger partial charge in [-0.3, -0.25) is 20.4 Å². The molecule has 4 N–H and O–H groups in total. The highest BCUT2D eigenvalue weighted by Crippen LogP contribution is 2.07. The molecule has 1 rings (SSSR count). The van der Waals surface area contributed by atoms with Gasteiger partial charge >= 0.3 is 5.97 Å². The maximum atomic E-state index is 11.6. The molecule has 0 aliphatic carbocycles. The Hall–Kier alpha value is -2.49. The first-order chi connectivity index (χ1) is 9.49. The molecule has 20 heavy (non-hydrogen) atoms. The summed E-state index contributed by atoms with van der Waals surface area (Å²) in [5.74, 6) is -1.57. The third-order valence-corrected chi connectivity index (χ3v) is 2.27. The molecular formula is C10H16N6O4. The molecule has 0 aliphatic rings. The topological polar surface area (TPSA) is 141 Å². The van der Waals surface area contributed by atoms with Crippen LogP contribution in [0, 0.1) is 0 Å². The van der Waals surface area contributed by atoms with Gasteiger partial charge in [0.05, 0.1) is 12.8 Å². The van der Waals surface area contributed by atoms with E-state index in [0.29, 0.717) is 12.1 Å². The van der Waals surface area contributed by atoms with E-state index < -0.39 is 17.8 Å². The van der Waals surface area contributed by atoms with E-state index >= 15 is 0 Å². The Kier molecular flexibility index (Phi) is 5.59. The van der Waals surface area contributed by atoms with E-state index in [1.165, 1.54) is 18.7 Å². The van der Waals surface area contributed by atoms with E-state index in [4.69, 9.17) is 5.73 Å². The zero-order chi connectivity index (χ0) is 15.1. The van der Waals surface area contributed by atoms with E-state index in [9.17, 15) is 14.4 Å². The standard InChI is InChI=1S/C10H16N6O4/c1-6(17)12-13-8(18)5-16-7(3-4-11)9(14-15-16)10(19)20-2/h3-5,11H2,1-2H3,(H,12,17)(H,13,18). The second-order valence-corrected chi connectivity index (χ2v) is 3.80. The van der Waals surface area contributed by atoms with Gasteiger partial charge in [-0.2, -0.15) is 0 Å². The van der Waals surface area contributed by atoms with Crippen molar-refractivity contribution >= 4 is 17.8 Å². The van der Waals surface area contributed by atoms with Crippen molar-refractivity contribution in [1.82, 2.24) is 25.8 Å². The summed E-state index contributed by atoms with van der Waals surface area (Å²) in [5, 5.41) is 7.38. The van der Waals surface area contributed by atoms with E-state index in [1.54, 1.807) is 0 Å². The second-order valence-electron chi connectivity index (χ2n) is 3.80. The largest absolute Gasteiger partial charge is 0.464 e. The zero-order valence-corrected chi connectivity index (χ0v) is 11.2. The summed E-state index contributed by atoms with van der Waals surface area (Å²) < 4.78 is 5.80. The van der Waals surface area contributed by atoms with Crippen molar-refractivity contribution in [3.8, 4) is 0 Å². The third-order valence-electron chi connectivity index (χ3n) is 2.27. The number of nitrogens with zero attached hydrogens (tertiary/aromatic N) is 3. The van der Waals surface area contributed by atoms with Crippen LogP contribution >= 0.6 is 0 Å². The van der Waals surface area contributed by atoms with Crippen LogP contribution in [0.1, 0.15) is 23.1 Å². The molecule has 0 aliphatic heterocycles. The lowest BCUT2D eigenvalue weighted by Crippen LogP contribution is -2.42. The van der Waals surface area contributed by atoms with Crippen LogP contribution in [0.15, 0.2) is 0 Å². The zero-order valence-electron chi connectivity index (χ0n) is 11.2. The van der Waals surface area contributed by atoms with Crippen molar-refractivity contribution in [2.75, 3.05) is 13.7 Å². The van der Waals surface area contributed by atoms with Crippen LogP contribution in [0.25, 0.3) is 0 Å². The predicted molar refractivity (Wildman–Crippen MR) is 66.1 cm³/mol. The maximum Gasteiger partial charge on any atom is 0.360 e. The number of aromatic nitrogens is 3. The minimum Gasteiger partial charge on any atom is -0.464 e. The highest BCUT2D eigenvalue weighted by molar-refractivity contribution is 5.88. The number of esters is 1. The van der Waals surface area contributed by atoms with Gasteiger partial charge in [0.1, 0.15) is 6.54 Å². The maximum absolute atomic E-state index is 11.6. The van der Waals surface area contributed by atoms with Gasteiger partial charge in [-0.1, -0.05) is 5.21 Å². The average Bonchev–Trinajstić information content (AvgIpc) is 2.79. The monoisotopic (exact) mass is 284 g/mol. The van der Waals surface area contributed by atoms with E-state index in [1.807, 2.05) is 0 Å². The first-order valence-electron chi connectivity index (χ1n) is 5.75. The molecule has 1 aromatic rings. The number of nitrogens with two attached hydrogens (primary N) is 1. The summed E-state index contributed by atoms with van der Waals surface area (Å²) in [4.78, 5) is 33.7. The Morgan fingerprint density at radius 3 is 2.60 bits per heavy atom. The molecule has 0 saturated heterocycles. The number of ether oxygens (including phenoxy) is 1. The molecule has 10 heteroatoms. The number of hydrogen-bond acceptors (Lipinski definition) is 7. The van der Waals surface area contributed by atoms with E-state index in [-0.39, 0.29) is 18.8 Å². The average molecular weight is 284 g/mol. The van der Waals surface area contributed by atoms with Gasteiger partial charge in [-0.05, 0) is 6.54 Å². The van der Waals surface area contributed by atoms with Crippen molar-refractivity contribution in [3.05, 3.63) is 11.4 Å². The van der Waals surface area contributed by atoms with Gasteiger partial charge in [0, 0.05) is 13.3 Å². The molecule has 0 bridgehead atoms. The highest BCUT2D eigenvalue weighted by Gasteiger charge is 2.20. The number of amides is 2. The van der Waals surface area contributed by atoms with Crippen molar-refractivity contribution in [3.63, 3.8) is 0 Å². The number of rotatable bonds is 5. The van der Waals surface area contributed by atoms with Crippen molar-refractivity contribution < 1.29 is 19.1 Å². The third kappa shape index (κ3) is 4.02. The lowest BCUT2D eigenvalue weighted by Gasteiger charge is -2.07. The normalized spacial score (nSPS) is 9.95. The van der Waals surface area contributed by atoms with Gasteiger partial charge in [-0.15, -0.1) is 5.10 Å². The van der Waals surface area contributed by atoms with Crippen molar-refractivity contribution in [2.45, 2.75) is 19.9 Å². The van der Waals surface area contributed by atoms with Gasteiger partial charge in [0.25, 0.3) is 5.91 Å². The minimum absolute atomic E-state index is 0.0188. The molecule has 0 saturated carbocycles. The number of hydrogen-bond donors (Lipinski definition) is 3. The number of methoxy groups -OCH3 is 1. The molecule has 10 nitrogen and oxygen atoms in total. The SMILES string of the molecule is COC(=O)c1nnn(CC(=O)NNC(C)=O)c1CCN. The van der Waals surface area contributed by atoms with E-state index in [0.717, 1.165) is 0 Å². The van der Waals surface area contributed by atoms with Gasteiger partial charge in [0.2, 0.25) is 5.91 Å². The molecule has 110 valence electrons. The van der Waals surface area contributed by atoms with Crippen molar-refractivity contribution in [1.29, 1.82) is 0 Å².